The topological polar surface area (TPSA) is 58.2 Å². The molecule has 0 saturated heterocycles. The van der Waals surface area contributed by atoms with Gasteiger partial charge in [0.2, 0.25) is 11.8 Å². The molecule has 0 unspecified atom stereocenters. The fourth-order valence-corrected chi connectivity index (χ4v) is 1.14. The summed E-state index contributed by atoms with van der Waals surface area (Å²) in [5.41, 5.74) is -0.979. The Hall–Kier alpha value is -1.06. The van der Waals surface area contributed by atoms with Gasteiger partial charge in [0.25, 0.3) is 0 Å². The smallest absolute Gasteiger partial charge is 0.235 e. The van der Waals surface area contributed by atoms with Crippen molar-refractivity contribution < 1.29 is 9.59 Å². The average Bonchev–Trinajstić information content (AvgIpc) is 2.86. The fourth-order valence-electron chi connectivity index (χ4n) is 1.14. The van der Waals surface area contributed by atoms with Gasteiger partial charge >= 0.3 is 0 Å². The lowest BCUT2D eigenvalue weighted by atomic mass is 9.90. The lowest BCUT2D eigenvalue weighted by molar-refractivity contribution is -0.141. The number of rotatable bonds is 4. The average molecular weight is 212 g/mol. The molecule has 0 aromatic heterocycles. The molecule has 1 aliphatic rings. The maximum absolute atomic E-state index is 11.8. The largest absolute Gasteiger partial charge is 0.353 e. The molecule has 2 amide bonds. The van der Waals surface area contributed by atoms with Gasteiger partial charge in [-0.05, 0) is 40.5 Å². The molecule has 15 heavy (non-hydrogen) atoms. The third-order valence-corrected chi connectivity index (χ3v) is 2.47. The van der Waals surface area contributed by atoms with E-state index in [0.29, 0.717) is 6.04 Å². The normalized spacial score (nSPS) is 16.3. The summed E-state index contributed by atoms with van der Waals surface area (Å²) in [4.78, 5) is 23.5. The molecule has 1 rings (SSSR count). The van der Waals surface area contributed by atoms with Crippen LogP contribution in [0.4, 0.5) is 0 Å². The highest BCUT2D eigenvalue weighted by molar-refractivity contribution is 6.04. The second-order valence-corrected chi connectivity index (χ2v) is 5.00. The maximum atomic E-state index is 11.8. The molecule has 86 valence electrons. The van der Waals surface area contributed by atoms with Gasteiger partial charge in [-0.2, -0.15) is 0 Å². The number of nitrogens with one attached hydrogen (secondary N) is 2. The van der Waals surface area contributed by atoms with E-state index in [1.54, 1.807) is 13.8 Å². The quantitative estimate of drug-likeness (QED) is 0.678. The monoisotopic (exact) mass is 212 g/mol. The van der Waals surface area contributed by atoms with Gasteiger partial charge in [-0.15, -0.1) is 0 Å². The number of carbonyl (C=O) groups excluding carboxylic acids is 2. The number of hydrogen-bond acceptors (Lipinski definition) is 2. The van der Waals surface area contributed by atoms with Gasteiger partial charge in [0.15, 0.2) is 0 Å². The molecular weight excluding hydrogens is 192 g/mol. The lowest BCUT2D eigenvalue weighted by Gasteiger charge is -2.23. The van der Waals surface area contributed by atoms with E-state index in [1.807, 2.05) is 13.8 Å². The van der Waals surface area contributed by atoms with E-state index in [0.717, 1.165) is 12.8 Å². The van der Waals surface area contributed by atoms with Crippen LogP contribution in [0, 0.1) is 5.41 Å². The van der Waals surface area contributed by atoms with Crippen LogP contribution in [0.15, 0.2) is 0 Å². The molecule has 0 aromatic carbocycles. The van der Waals surface area contributed by atoms with Crippen molar-refractivity contribution in [2.24, 2.45) is 5.41 Å². The molecule has 0 heterocycles. The highest BCUT2D eigenvalue weighted by Gasteiger charge is 2.38. The molecule has 1 saturated carbocycles. The van der Waals surface area contributed by atoms with Crippen LogP contribution >= 0.6 is 0 Å². The van der Waals surface area contributed by atoms with Crippen molar-refractivity contribution in [1.82, 2.24) is 10.6 Å². The molecule has 1 aliphatic carbocycles. The summed E-state index contributed by atoms with van der Waals surface area (Å²) in [6.45, 7) is 7.07. The third-order valence-electron chi connectivity index (χ3n) is 2.47. The predicted octanol–water partition coefficient (Wildman–Crippen LogP) is 0.816. The van der Waals surface area contributed by atoms with Crippen molar-refractivity contribution in [3.63, 3.8) is 0 Å². The molecule has 0 atom stereocenters. The first kappa shape index (κ1) is 12.0. The molecule has 0 radical (unpaired) electrons. The molecular formula is C11H20N2O2. The zero-order valence-electron chi connectivity index (χ0n) is 9.89. The van der Waals surface area contributed by atoms with Crippen LogP contribution < -0.4 is 10.6 Å². The molecule has 4 nitrogen and oxygen atoms in total. The summed E-state index contributed by atoms with van der Waals surface area (Å²) in [6, 6.07) is 0.356. The van der Waals surface area contributed by atoms with Crippen LogP contribution in [0.2, 0.25) is 0 Å². The Bertz CT molecular complexity index is 250. The highest BCUT2D eigenvalue weighted by atomic mass is 16.2. The van der Waals surface area contributed by atoms with Gasteiger partial charge in [-0.1, -0.05) is 0 Å². The molecule has 0 aromatic rings. The van der Waals surface area contributed by atoms with E-state index >= 15 is 0 Å². The lowest BCUT2D eigenvalue weighted by Crippen LogP contribution is -2.49. The van der Waals surface area contributed by atoms with Crippen LogP contribution in [-0.2, 0) is 9.59 Å². The minimum absolute atomic E-state index is 0.0606. The first-order valence-electron chi connectivity index (χ1n) is 5.46. The van der Waals surface area contributed by atoms with Crippen molar-refractivity contribution in [1.29, 1.82) is 0 Å². The minimum atomic E-state index is -0.979. The van der Waals surface area contributed by atoms with Crippen LogP contribution in [-0.4, -0.2) is 23.9 Å². The summed E-state index contributed by atoms with van der Waals surface area (Å²) in [6.07, 6.45) is 2.07. The van der Waals surface area contributed by atoms with Gasteiger partial charge in [0.05, 0.1) is 0 Å². The zero-order valence-corrected chi connectivity index (χ0v) is 9.89. The zero-order chi connectivity index (χ0) is 11.6. The van der Waals surface area contributed by atoms with Crippen molar-refractivity contribution in [3.8, 4) is 0 Å². The predicted molar refractivity (Wildman–Crippen MR) is 58.2 cm³/mol. The molecule has 0 aliphatic heterocycles. The maximum Gasteiger partial charge on any atom is 0.235 e. The fraction of sp³-hybridized carbons (Fsp3) is 0.818. The number of carbonyl (C=O) groups is 2. The van der Waals surface area contributed by atoms with Crippen molar-refractivity contribution in [2.75, 3.05) is 0 Å². The molecule has 4 heteroatoms. The summed E-state index contributed by atoms with van der Waals surface area (Å²) in [5, 5.41) is 5.61. The third kappa shape index (κ3) is 3.22. The Balaban J connectivity index is 2.54. The second-order valence-electron chi connectivity index (χ2n) is 5.00. The van der Waals surface area contributed by atoms with Crippen LogP contribution in [0.3, 0.4) is 0 Å². The van der Waals surface area contributed by atoms with Gasteiger partial charge < -0.3 is 10.6 Å². The van der Waals surface area contributed by atoms with Crippen LogP contribution in [0.5, 0.6) is 0 Å². The minimum Gasteiger partial charge on any atom is -0.353 e. The Morgan fingerprint density at radius 1 is 1.20 bits per heavy atom. The second kappa shape index (κ2) is 4.21. The van der Waals surface area contributed by atoms with E-state index in [4.69, 9.17) is 0 Å². The first-order chi connectivity index (χ1) is 6.84. The van der Waals surface area contributed by atoms with E-state index < -0.39 is 5.41 Å². The Labute approximate surface area is 90.8 Å². The van der Waals surface area contributed by atoms with Gasteiger partial charge in [-0.25, -0.2) is 0 Å². The van der Waals surface area contributed by atoms with Crippen molar-refractivity contribution in [3.05, 3.63) is 0 Å². The first-order valence-corrected chi connectivity index (χ1v) is 5.46. The summed E-state index contributed by atoms with van der Waals surface area (Å²) in [7, 11) is 0. The Morgan fingerprint density at radius 3 is 2.13 bits per heavy atom. The molecule has 0 bridgehead atoms. The number of hydrogen-bond donors (Lipinski definition) is 2. The van der Waals surface area contributed by atoms with Gasteiger partial charge in [-0.3, -0.25) is 9.59 Å². The van der Waals surface area contributed by atoms with E-state index in [9.17, 15) is 9.59 Å². The van der Waals surface area contributed by atoms with Crippen LogP contribution in [0.1, 0.15) is 40.5 Å². The van der Waals surface area contributed by atoms with Crippen molar-refractivity contribution >= 4 is 11.8 Å². The molecule has 0 spiro atoms. The van der Waals surface area contributed by atoms with E-state index in [-0.39, 0.29) is 17.9 Å². The van der Waals surface area contributed by atoms with Gasteiger partial charge in [0.1, 0.15) is 5.41 Å². The summed E-state index contributed by atoms with van der Waals surface area (Å²) < 4.78 is 0. The Morgan fingerprint density at radius 2 is 1.73 bits per heavy atom. The van der Waals surface area contributed by atoms with Crippen LogP contribution in [0.25, 0.3) is 0 Å². The standard InChI is InChI=1S/C11H20N2O2/c1-7(2)12-9(14)11(3,4)10(15)13-8-5-6-8/h7-8H,5-6H2,1-4H3,(H,12,14)(H,13,15). The molecule has 2 N–H and O–H groups in total. The summed E-state index contributed by atoms with van der Waals surface area (Å²) >= 11 is 0. The van der Waals surface area contributed by atoms with E-state index in [1.165, 1.54) is 0 Å². The molecule has 1 fully saturated rings. The highest BCUT2D eigenvalue weighted by Crippen LogP contribution is 2.22. The SMILES string of the molecule is CC(C)NC(=O)C(C)(C)C(=O)NC1CC1. The number of amides is 2. The van der Waals surface area contributed by atoms with Crippen molar-refractivity contribution in [2.45, 2.75) is 52.6 Å². The van der Waals surface area contributed by atoms with E-state index in [2.05, 4.69) is 10.6 Å². The Kier molecular flexibility index (Phi) is 3.37. The summed E-state index contributed by atoms with van der Waals surface area (Å²) in [5.74, 6) is -0.390. The van der Waals surface area contributed by atoms with Gasteiger partial charge in [0, 0.05) is 12.1 Å².